The van der Waals surface area contributed by atoms with Gasteiger partial charge in [-0.05, 0) is 50.6 Å². The van der Waals surface area contributed by atoms with Gasteiger partial charge in [0.25, 0.3) is 11.8 Å². The molecular formula is C19H19FN4O3S. The summed E-state index contributed by atoms with van der Waals surface area (Å²) in [5.74, 6) is -0.482. The summed E-state index contributed by atoms with van der Waals surface area (Å²) >= 11 is 1.13. The fraction of sp³-hybridized carbons (Fsp3) is 0.263. The summed E-state index contributed by atoms with van der Waals surface area (Å²) in [6, 6.07) is 7.09. The van der Waals surface area contributed by atoms with Gasteiger partial charge < -0.3 is 15.2 Å². The fourth-order valence-corrected chi connectivity index (χ4v) is 3.50. The number of hydrogen-bond donors (Lipinski definition) is 2. The number of aryl methyl sites for hydroxylation is 2. The van der Waals surface area contributed by atoms with Crippen molar-refractivity contribution in [2.75, 3.05) is 5.32 Å². The second-order valence-corrected chi connectivity index (χ2v) is 7.86. The van der Waals surface area contributed by atoms with Gasteiger partial charge in [0.1, 0.15) is 5.82 Å². The Morgan fingerprint density at radius 1 is 1.18 bits per heavy atom. The molecule has 0 spiro atoms. The summed E-state index contributed by atoms with van der Waals surface area (Å²) in [5, 5.41) is 9.91. The van der Waals surface area contributed by atoms with Crippen LogP contribution < -0.4 is 10.6 Å². The second kappa shape index (κ2) is 7.51. The van der Waals surface area contributed by atoms with Crippen LogP contribution in [0.1, 0.15) is 51.2 Å². The summed E-state index contributed by atoms with van der Waals surface area (Å²) in [6.07, 6.45) is 0. The molecule has 0 saturated heterocycles. The number of rotatable bonds is 5. The van der Waals surface area contributed by atoms with Gasteiger partial charge in [0.15, 0.2) is 5.82 Å². The van der Waals surface area contributed by atoms with E-state index in [0.29, 0.717) is 27.2 Å². The molecule has 2 aromatic heterocycles. The van der Waals surface area contributed by atoms with Crippen LogP contribution >= 0.6 is 11.3 Å². The highest BCUT2D eigenvalue weighted by Crippen LogP contribution is 2.28. The van der Waals surface area contributed by atoms with Crippen molar-refractivity contribution >= 4 is 28.2 Å². The Kier molecular flexibility index (Phi) is 5.28. The van der Waals surface area contributed by atoms with Crippen LogP contribution in [0, 0.1) is 19.7 Å². The van der Waals surface area contributed by atoms with Crippen molar-refractivity contribution < 1.29 is 18.5 Å². The Labute approximate surface area is 165 Å². The Hall–Kier alpha value is -3.07. The van der Waals surface area contributed by atoms with E-state index in [9.17, 15) is 14.0 Å². The fourth-order valence-electron chi connectivity index (χ4n) is 2.53. The molecule has 0 aliphatic heterocycles. The number of carbonyl (C=O) groups excluding carboxylic acids is 2. The van der Waals surface area contributed by atoms with E-state index >= 15 is 0 Å². The highest BCUT2D eigenvalue weighted by atomic mass is 32.1. The third-order valence-corrected chi connectivity index (χ3v) is 5.11. The van der Waals surface area contributed by atoms with Gasteiger partial charge in [0, 0.05) is 12.5 Å². The minimum absolute atomic E-state index is 0.200. The number of nitrogens with one attached hydrogen (secondary N) is 2. The van der Waals surface area contributed by atoms with Crippen molar-refractivity contribution in [2.24, 2.45) is 0 Å². The average Bonchev–Trinajstić information content (AvgIpc) is 3.20. The van der Waals surface area contributed by atoms with Gasteiger partial charge in [0.05, 0.1) is 15.4 Å². The monoisotopic (exact) mass is 402 g/mol. The van der Waals surface area contributed by atoms with E-state index in [1.807, 2.05) is 0 Å². The lowest BCUT2D eigenvalue weighted by Gasteiger charge is -2.22. The van der Waals surface area contributed by atoms with Crippen LogP contribution in [0.3, 0.4) is 0 Å². The van der Waals surface area contributed by atoms with E-state index in [2.05, 4.69) is 20.8 Å². The lowest BCUT2D eigenvalue weighted by atomic mass is 10.0. The first kappa shape index (κ1) is 19.7. The van der Waals surface area contributed by atoms with Crippen molar-refractivity contribution in [2.45, 2.75) is 33.2 Å². The number of carbonyl (C=O) groups is 2. The molecule has 0 radical (unpaired) electrons. The zero-order valence-electron chi connectivity index (χ0n) is 15.8. The minimum atomic E-state index is -0.837. The van der Waals surface area contributed by atoms with Crippen LogP contribution in [-0.4, -0.2) is 22.0 Å². The maximum absolute atomic E-state index is 13.3. The second-order valence-electron chi connectivity index (χ2n) is 6.80. The molecule has 0 unspecified atom stereocenters. The third kappa shape index (κ3) is 4.25. The molecule has 0 atom stereocenters. The highest BCUT2D eigenvalue weighted by Gasteiger charge is 2.30. The maximum Gasteiger partial charge on any atom is 0.262 e. The molecule has 9 heteroatoms. The van der Waals surface area contributed by atoms with E-state index in [1.165, 1.54) is 18.2 Å². The van der Waals surface area contributed by atoms with Gasteiger partial charge >= 0.3 is 0 Å². The maximum atomic E-state index is 13.3. The quantitative estimate of drug-likeness (QED) is 0.676. The number of amides is 2. The SMILES string of the molecule is Cc1nc(C(C)(C)NC(=O)c2sc(NC(=O)c3cccc(F)c3)cc2C)no1. The topological polar surface area (TPSA) is 97.1 Å². The predicted octanol–water partition coefficient (Wildman–Crippen LogP) is 3.80. The molecule has 0 fully saturated rings. The van der Waals surface area contributed by atoms with E-state index < -0.39 is 17.3 Å². The Morgan fingerprint density at radius 2 is 1.93 bits per heavy atom. The third-order valence-electron chi connectivity index (χ3n) is 3.96. The summed E-state index contributed by atoms with van der Waals surface area (Å²) < 4.78 is 18.3. The number of hydrogen-bond acceptors (Lipinski definition) is 6. The smallest absolute Gasteiger partial charge is 0.262 e. The van der Waals surface area contributed by atoms with Gasteiger partial charge in [-0.25, -0.2) is 4.39 Å². The molecule has 1 aromatic carbocycles. The molecule has 2 amide bonds. The average molecular weight is 402 g/mol. The molecule has 2 N–H and O–H groups in total. The number of nitrogens with zero attached hydrogens (tertiary/aromatic N) is 2. The van der Waals surface area contributed by atoms with E-state index in [4.69, 9.17) is 4.52 Å². The zero-order valence-corrected chi connectivity index (χ0v) is 16.6. The number of benzene rings is 1. The van der Waals surface area contributed by atoms with Crippen LogP contribution in [0.25, 0.3) is 0 Å². The summed E-state index contributed by atoms with van der Waals surface area (Å²) in [6.45, 7) is 6.98. The summed E-state index contributed by atoms with van der Waals surface area (Å²) in [5.41, 5.74) is 0.0683. The van der Waals surface area contributed by atoms with Crippen molar-refractivity contribution in [3.63, 3.8) is 0 Å². The highest BCUT2D eigenvalue weighted by molar-refractivity contribution is 7.18. The van der Waals surface area contributed by atoms with Crippen LogP contribution in [0.2, 0.25) is 0 Å². The van der Waals surface area contributed by atoms with Gasteiger partial charge in [-0.3, -0.25) is 9.59 Å². The molecule has 7 nitrogen and oxygen atoms in total. The first-order valence-corrected chi connectivity index (χ1v) is 9.28. The van der Waals surface area contributed by atoms with Crippen LogP contribution in [0.15, 0.2) is 34.9 Å². The van der Waals surface area contributed by atoms with Crippen LogP contribution in [0.4, 0.5) is 9.39 Å². The largest absolute Gasteiger partial charge is 0.340 e. The van der Waals surface area contributed by atoms with Crippen molar-refractivity contribution in [1.29, 1.82) is 0 Å². The normalized spacial score (nSPS) is 11.3. The standard InChI is InChI=1S/C19H19FN4O3S/c1-10-8-14(22-16(25)12-6-5-7-13(20)9-12)28-15(10)17(26)23-19(3,4)18-21-11(2)27-24-18/h5-9H,1-4H3,(H,22,25)(H,23,26). The number of aromatic nitrogens is 2. The molecule has 0 aliphatic rings. The van der Waals surface area contributed by atoms with Gasteiger partial charge in [0.2, 0.25) is 5.89 Å². The van der Waals surface area contributed by atoms with Crippen molar-refractivity contribution in [3.05, 3.63) is 63.9 Å². The zero-order chi connectivity index (χ0) is 20.5. The molecule has 0 saturated carbocycles. The minimum Gasteiger partial charge on any atom is -0.340 e. The van der Waals surface area contributed by atoms with Gasteiger partial charge in [-0.2, -0.15) is 4.98 Å². The molecule has 3 rings (SSSR count). The van der Waals surface area contributed by atoms with Crippen LogP contribution in [0.5, 0.6) is 0 Å². The van der Waals surface area contributed by atoms with Gasteiger partial charge in [-0.15, -0.1) is 11.3 Å². The summed E-state index contributed by atoms with van der Waals surface area (Å²) in [7, 11) is 0. The number of thiophene rings is 1. The Bertz CT molecular complexity index is 1040. The van der Waals surface area contributed by atoms with Gasteiger partial charge in [-0.1, -0.05) is 11.2 Å². The predicted molar refractivity (Wildman–Crippen MR) is 103 cm³/mol. The van der Waals surface area contributed by atoms with Crippen LogP contribution in [-0.2, 0) is 5.54 Å². The Morgan fingerprint density at radius 3 is 2.57 bits per heavy atom. The summed E-state index contributed by atoms with van der Waals surface area (Å²) in [4.78, 5) is 29.6. The molecule has 0 aliphatic carbocycles. The van der Waals surface area contributed by atoms with E-state index in [-0.39, 0.29) is 11.5 Å². The van der Waals surface area contributed by atoms with E-state index in [0.717, 1.165) is 17.4 Å². The van der Waals surface area contributed by atoms with Crippen molar-refractivity contribution in [1.82, 2.24) is 15.5 Å². The lowest BCUT2D eigenvalue weighted by molar-refractivity contribution is 0.0910. The lowest BCUT2D eigenvalue weighted by Crippen LogP contribution is -2.41. The molecule has 3 aromatic rings. The number of anilines is 1. The first-order chi connectivity index (χ1) is 13.2. The molecule has 0 bridgehead atoms. The molecular weight excluding hydrogens is 383 g/mol. The molecule has 146 valence electrons. The molecule has 28 heavy (non-hydrogen) atoms. The Balaban J connectivity index is 1.74. The first-order valence-electron chi connectivity index (χ1n) is 8.46. The van der Waals surface area contributed by atoms with Crippen molar-refractivity contribution in [3.8, 4) is 0 Å². The van der Waals surface area contributed by atoms with E-state index in [1.54, 1.807) is 33.8 Å². The molecule has 2 heterocycles. The number of halogens is 1.